The van der Waals surface area contributed by atoms with Gasteiger partial charge in [0.05, 0.1) is 0 Å². The van der Waals surface area contributed by atoms with Gasteiger partial charge in [-0.25, -0.2) is 4.79 Å². The summed E-state index contributed by atoms with van der Waals surface area (Å²) in [6.07, 6.45) is 0.245. The van der Waals surface area contributed by atoms with Gasteiger partial charge in [0.25, 0.3) is 5.91 Å². The molecule has 1 atom stereocenters. The maximum Gasteiger partial charge on any atom is 0.326 e. The van der Waals surface area contributed by atoms with E-state index in [-0.39, 0.29) is 6.42 Å². The van der Waals surface area contributed by atoms with E-state index in [2.05, 4.69) is 21.2 Å². The Bertz CT molecular complexity index is 683. The van der Waals surface area contributed by atoms with Gasteiger partial charge < -0.3 is 10.4 Å². The predicted molar refractivity (Wildman–Crippen MR) is 87.9 cm³/mol. The highest BCUT2D eigenvalue weighted by Crippen LogP contribution is 2.12. The minimum atomic E-state index is -1.05. The first-order valence-electron chi connectivity index (χ1n) is 6.80. The quantitative estimate of drug-likeness (QED) is 0.859. The van der Waals surface area contributed by atoms with Crippen LogP contribution in [0.1, 0.15) is 21.5 Å². The molecular formula is C17H16BrNO3. The molecule has 0 aliphatic heterocycles. The number of aryl methyl sites for hydroxylation is 1. The van der Waals surface area contributed by atoms with Crippen molar-refractivity contribution in [3.63, 3.8) is 0 Å². The average molecular weight is 362 g/mol. The van der Waals surface area contributed by atoms with E-state index in [4.69, 9.17) is 0 Å². The van der Waals surface area contributed by atoms with Crippen LogP contribution in [-0.4, -0.2) is 23.0 Å². The van der Waals surface area contributed by atoms with Crippen molar-refractivity contribution in [2.75, 3.05) is 0 Å². The largest absolute Gasteiger partial charge is 0.480 e. The zero-order valence-electron chi connectivity index (χ0n) is 12.0. The summed E-state index contributed by atoms with van der Waals surface area (Å²) in [7, 11) is 0. The topological polar surface area (TPSA) is 66.4 Å². The summed E-state index contributed by atoms with van der Waals surface area (Å²) in [6.45, 7) is 1.97. The van der Waals surface area contributed by atoms with Crippen molar-refractivity contribution in [3.05, 3.63) is 69.7 Å². The summed E-state index contributed by atoms with van der Waals surface area (Å²) in [5.41, 5.74) is 2.39. The van der Waals surface area contributed by atoms with Crippen LogP contribution in [0.5, 0.6) is 0 Å². The second-order valence-electron chi connectivity index (χ2n) is 5.06. The van der Waals surface area contributed by atoms with Gasteiger partial charge in [-0.05, 0) is 30.7 Å². The van der Waals surface area contributed by atoms with Gasteiger partial charge >= 0.3 is 5.97 Å². The molecule has 2 aromatic carbocycles. The molecule has 2 aromatic rings. The second kappa shape index (κ2) is 7.22. The number of carbonyl (C=O) groups excluding carboxylic acids is 1. The second-order valence-corrected chi connectivity index (χ2v) is 5.98. The van der Waals surface area contributed by atoms with Crippen LogP contribution in [0.15, 0.2) is 53.0 Å². The van der Waals surface area contributed by atoms with Gasteiger partial charge in [0.15, 0.2) is 0 Å². The Morgan fingerprint density at radius 1 is 1.18 bits per heavy atom. The Morgan fingerprint density at radius 3 is 2.45 bits per heavy atom. The number of hydrogen-bond donors (Lipinski definition) is 2. The number of carbonyl (C=O) groups is 2. The van der Waals surface area contributed by atoms with E-state index in [0.29, 0.717) is 5.56 Å². The summed E-state index contributed by atoms with van der Waals surface area (Å²) >= 11 is 3.29. The van der Waals surface area contributed by atoms with E-state index >= 15 is 0 Å². The monoisotopic (exact) mass is 361 g/mol. The van der Waals surface area contributed by atoms with Crippen molar-refractivity contribution in [2.45, 2.75) is 19.4 Å². The normalized spacial score (nSPS) is 11.7. The van der Waals surface area contributed by atoms with E-state index in [1.807, 2.05) is 31.2 Å². The first-order chi connectivity index (χ1) is 10.5. The molecule has 0 aromatic heterocycles. The van der Waals surface area contributed by atoms with E-state index < -0.39 is 17.9 Å². The van der Waals surface area contributed by atoms with Gasteiger partial charge in [-0.2, -0.15) is 0 Å². The summed E-state index contributed by atoms with van der Waals surface area (Å²) in [4.78, 5) is 23.5. The van der Waals surface area contributed by atoms with Crippen LogP contribution in [0.25, 0.3) is 0 Å². The Balaban J connectivity index is 2.10. The molecule has 0 bridgehead atoms. The standard InChI is InChI=1S/C17H16BrNO3/c1-11-5-7-12(8-6-11)9-15(17(21)22)19-16(20)13-3-2-4-14(18)10-13/h2-8,10,15H,9H2,1H3,(H,19,20)(H,21,22)/t15-/m1/s1. The van der Waals surface area contributed by atoms with Crippen molar-refractivity contribution >= 4 is 27.8 Å². The van der Waals surface area contributed by atoms with Gasteiger partial charge in [0.1, 0.15) is 6.04 Å². The van der Waals surface area contributed by atoms with Crippen LogP contribution >= 0.6 is 15.9 Å². The number of benzene rings is 2. The number of carboxylic acids is 1. The third kappa shape index (κ3) is 4.43. The third-order valence-electron chi connectivity index (χ3n) is 3.25. The number of nitrogens with one attached hydrogen (secondary N) is 1. The highest BCUT2D eigenvalue weighted by Gasteiger charge is 2.21. The Morgan fingerprint density at radius 2 is 1.86 bits per heavy atom. The van der Waals surface area contributed by atoms with Crippen molar-refractivity contribution in [1.29, 1.82) is 0 Å². The summed E-state index contributed by atoms with van der Waals surface area (Å²) in [5, 5.41) is 11.9. The maximum absolute atomic E-state index is 12.2. The van der Waals surface area contributed by atoms with Gasteiger partial charge in [0, 0.05) is 16.5 Å². The molecule has 0 fully saturated rings. The number of hydrogen-bond acceptors (Lipinski definition) is 2. The molecule has 0 aliphatic rings. The van der Waals surface area contributed by atoms with Crippen molar-refractivity contribution in [1.82, 2.24) is 5.32 Å². The lowest BCUT2D eigenvalue weighted by molar-refractivity contribution is -0.139. The van der Waals surface area contributed by atoms with Gasteiger partial charge in [-0.15, -0.1) is 0 Å². The number of halogens is 1. The minimum absolute atomic E-state index is 0.245. The molecule has 1 amide bonds. The van der Waals surface area contributed by atoms with Crippen molar-refractivity contribution in [3.8, 4) is 0 Å². The van der Waals surface area contributed by atoms with Crippen LogP contribution in [-0.2, 0) is 11.2 Å². The molecule has 0 saturated heterocycles. The van der Waals surface area contributed by atoms with Crippen molar-refractivity contribution < 1.29 is 14.7 Å². The highest BCUT2D eigenvalue weighted by molar-refractivity contribution is 9.10. The SMILES string of the molecule is Cc1ccc(C[C@@H](NC(=O)c2cccc(Br)c2)C(=O)O)cc1. The molecule has 4 nitrogen and oxygen atoms in total. The predicted octanol–water partition coefficient (Wildman–Crippen LogP) is 3.18. The molecule has 0 saturated carbocycles. The number of aliphatic carboxylic acids is 1. The zero-order chi connectivity index (χ0) is 16.1. The number of carboxylic acid groups (broad SMARTS) is 1. The van der Waals surface area contributed by atoms with E-state index in [1.165, 1.54) is 0 Å². The molecular weight excluding hydrogens is 346 g/mol. The Hall–Kier alpha value is -2.14. The van der Waals surface area contributed by atoms with Crippen LogP contribution in [0.4, 0.5) is 0 Å². The molecule has 114 valence electrons. The Labute approximate surface area is 137 Å². The molecule has 0 spiro atoms. The minimum Gasteiger partial charge on any atom is -0.480 e. The first kappa shape index (κ1) is 16.2. The highest BCUT2D eigenvalue weighted by atomic mass is 79.9. The maximum atomic E-state index is 12.2. The van der Waals surface area contributed by atoms with E-state index in [9.17, 15) is 14.7 Å². The van der Waals surface area contributed by atoms with Crippen LogP contribution in [0.2, 0.25) is 0 Å². The fourth-order valence-electron chi connectivity index (χ4n) is 2.03. The summed E-state index contributed by atoms with van der Waals surface area (Å²) < 4.78 is 0.769. The van der Waals surface area contributed by atoms with Crippen LogP contribution < -0.4 is 5.32 Å². The molecule has 0 aliphatic carbocycles. The van der Waals surface area contributed by atoms with Crippen LogP contribution in [0, 0.1) is 6.92 Å². The fraction of sp³-hybridized carbons (Fsp3) is 0.176. The lowest BCUT2D eigenvalue weighted by atomic mass is 10.0. The third-order valence-corrected chi connectivity index (χ3v) is 3.74. The van der Waals surface area contributed by atoms with Crippen LogP contribution in [0.3, 0.4) is 0 Å². The smallest absolute Gasteiger partial charge is 0.326 e. The van der Waals surface area contributed by atoms with E-state index in [0.717, 1.165) is 15.6 Å². The van der Waals surface area contributed by atoms with Gasteiger partial charge in [-0.3, -0.25) is 4.79 Å². The van der Waals surface area contributed by atoms with Gasteiger partial charge in [-0.1, -0.05) is 51.8 Å². The van der Waals surface area contributed by atoms with Gasteiger partial charge in [0.2, 0.25) is 0 Å². The molecule has 0 heterocycles. The molecule has 5 heteroatoms. The zero-order valence-corrected chi connectivity index (χ0v) is 13.6. The summed E-state index contributed by atoms with van der Waals surface area (Å²) in [5.74, 6) is -1.45. The fourth-order valence-corrected chi connectivity index (χ4v) is 2.43. The average Bonchev–Trinajstić information content (AvgIpc) is 2.48. The molecule has 0 radical (unpaired) electrons. The first-order valence-corrected chi connectivity index (χ1v) is 7.60. The number of amides is 1. The lowest BCUT2D eigenvalue weighted by Gasteiger charge is -2.15. The van der Waals surface area contributed by atoms with Crippen molar-refractivity contribution in [2.24, 2.45) is 0 Å². The molecule has 0 unspecified atom stereocenters. The molecule has 2 rings (SSSR count). The van der Waals surface area contributed by atoms with E-state index in [1.54, 1.807) is 24.3 Å². The summed E-state index contributed by atoms with van der Waals surface area (Å²) in [6, 6.07) is 13.5. The lowest BCUT2D eigenvalue weighted by Crippen LogP contribution is -2.42. The number of rotatable bonds is 5. The Kier molecular flexibility index (Phi) is 5.33. The molecule has 22 heavy (non-hydrogen) atoms. The molecule has 2 N–H and O–H groups in total.